The van der Waals surface area contributed by atoms with Crippen LogP contribution in [0.3, 0.4) is 0 Å². The molecular weight excluding hydrogens is 206 g/mol. The molecule has 0 amide bonds. The number of thioether (sulfide) groups is 1. The van der Waals surface area contributed by atoms with Crippen LogP contribution >= 0.6 is 11.8 Å². The zero-order chi connectivity index (χ0) is 11.1. The quantitative estimate of drug-likeness (QED) is 0.459. The number of nitrogens with two attached hydrogens (primary N) is 1. The average Bonchev–Trinajstić information content (AvgIpc) is 2.24. The van der Waals surface area contributed by atoms with Gasteiger partial charge in [0, 0.05) is 22.9 Å². The van der Waals surface area contributed by atoms with Crippen LogP contribution in [0.4, 0.5) is 5.69 Å². The molecule has 0 spiro atoms. The highest BCUT2D eigenvalue weighted by Crippen LogP contribution is 2.26. The molecule has 3 heteroatoms. The van der Waals surface area contributed by atoms with E-state index in [2.05, 4.69) is 13.0 Å². The molecule has 0 unspecified atom stereocenters. The molecule has 84 valence electrons. The van der Waals surface area contributed by atoms with Crippen LogP contribution in [0, 0.1) is 6.92 Å². The molecule has 2 N–H and O–H groups in total. The molecule has 1 aromatic carbocycles. The summed E-state index contributed by atoms with van der Waals surface area (Å²) in [6, 6.07) is 6.14. The summed E-state index contributed by atoms with van der Waals surface area (Å²) in [4.78, 5) is 1.16. The van der Waals surface area contributed by atoms with Gasteiger partial charge in [0.25, 0.3) is 0 Å². The van der Waals surface area contributed by atoms with E-state index < -0.39 is 0 Å². The smallest absolute Gasteiger partial charge is 0.0560 e. The predicted octanol–water partition coefficient (Wildman–Crippen LogP) is 3.10. The second kappa shape index (κ2) is 6.75. The van der Waals surface area contributed by atoms with Crippen molar-refractivity contribution in [2.24, 2.45) is 0 Å². The molecule has 0 aliphatic carbocycles. The predicted molar refractivity (Wildman–Crippen MR) is 67.4 cm³/mol. The lowest BCUT2D eigenvalue weighted by atomic mass is 10.2. The SMILES string of the molecule is CCCOCCSc1cccc(C)c1N. The van der Waals surface area contributed by atoms with Crippen molar-refractivity contribution in [2.75, 3.05) is 24.7 Å². The Morgan fingerprint density at radius 2 is 2.13 bits per heavy atom. The molecule has 1 aromatic rings. The molecule has 2 nitrogen and oxygen atoms in total. The zero-order valence-corrected chi connectivity index (χ0v) is 10.3. The minimum absolute atomic E-state index is 0.798. The van der Waals surface area contributed by atoms with Gasteiger partial charge in [-0.2, -0.15) is 0 Å². The maximum atomic E-state index is 5.96. The van der Waals surface area contributed by atoms with Crippen molar-refractivity contribution in [1.82, 2.24) is 0 Å². The van der Waals surface area contributed by atoms with Crippen LogP contribution in [-0.4, -0.2) is 19.0 Å². The minimum atomic E-state index is 0.798. The minimum Gasteiger partial charge on any atom is -0.398 e. The van der Waals surface area contributed by atoms with Crippen molar-refractivity contribution in [3.05, 3.63) is 23.8 Å². The molecule has 0 radical (unpaired) electrons. The third-order valence-electron chi connectivity index (χ3n) is 2.12. The third-order valence-corrected chi connectivity index (χ3v) is 3.16. The van der Waals surface area contributed by atoms with Gasteiger partial charge in [0.2, 0.25) is 0 Å². The fraction of sp³-hybridized carbons (Fsp3) is 0.500. The Morgan fingerprint density at radius 3 is 2.87 bits per heavy atom. The van der Waals surface area contributed by atoms with Crippen LogP contribution in [0.2, 0.25) is 0 Å². The van der Waals surface area contributed by atoms with E-state index in [1.807, 2.05) is 19.1 Å². The number of para-hydroxylation sites is 1. The number of aryl methyl sites for hydroxylation is 1. The largest absolute Gasteiger partial charge is 0.398 e. The molecule has 0 saturated heterocycles. The van der Waals surface area contributed by atoms with Gasteiger partial charge in [0.1, 0.15) is 0 Å². The van der Waals surface area contributed by atoms with Crippen molar-refractivity contribution in [1.29, 1.82) is 0 Å². The summed E-state index contributed by atoms with van der Waals surface area (Å²) in [6.07, 6.45) is 1.08. The van der Waals surface area contributed by atoms with Crippen molar-refractivity contribution in [3.8, 4) is 0 Å². The van der Waals surface area contributed by atoms with Crippen molar-refractivity contribution in [2.45, 2.75) is 25.2 Å². The molecular formula is C12H19NOS. The van der Waals surface area contributed by atoms with Crippen LogP contribution in [0.25, 0.3) is 0 Å². The second-order valence-electron chi connectivity index (χ2n) is 3.45. The summed E-state index contributed by atoms with van der Waals surface area (Å²) in [5.41, 5.74) is 8.01. The van der Waals surface area contributed by atoms with Crippen LogP contribution in [0.1, 0.15) is 18.9 Å². The molecule has 0 atom stereocenters. The summed E-state index contributed by atoms with van der Waals surface area (Å²) in [7, 11) is 0. The first-order chi connectivity index (χ1) is 7.25. The van der Waals surface area contributed by atoms with E-state index in [1.165, 1.54) is 0 Å². The van der Waals surface area contributed by atoms with Crippen LogP contribution in [-0.2, 0) is 4.74 Å². The molecule has 0 aliphatic rings. The molecule has 0 aromatic heterocycles. The number of benzene rings is 1. The third kappa shape index (κ3) is 4.14. The topological polar surface area (TPSA) is 35.2 Å². The van der Waals surface area contributed by atoms with Crippen LogP contribution in [0.15, 0.2) is 23.1 Å². The van der Waals surface area contributed by atoms with E-state index >= 15 is 0 Å². The van der Waals surface area contributed by atoms with Gasteiger partial charge < -0.3 is 10.5 Å². The monoisotopic (exact) mass is 225 g/mol. The molecule has 1 rings (SSSR count). The van der Waals surface area contributed by atoms with E-state index in [4.69, 9.17) is 10.5 Å². The fourth-order valence-electron chi connectivity index (χ4n) is 1.24. The Morgan fingerprint density at radius 1 is 1.33 bits per heavy atom. The lowest BCUT2D eigenvalue weighted by molar-refractivity contribution is 0.151. The summed E-state index contributed by atoms with van der Waals surface area (Å²) in [6.45, 7) is 5.80. The normalized spacial score (nSPS) is 10.5. The number of hydrogen-bond acceptors (Lipinski definition) is 3. The van der Waals surface area contributed by atoms with Gasteiger partial charge in [-0.15, -0.1) is 11.8 Å². The Kier molecular flexibility index (Phi) is 5.58. The van der Waals surface area contributed by atoms with Crippen LogP contribution < -0.4 is 5.73 Å². The highest BCUT2D eigenvalue weighted by molar-refractivity contribution is 7.99. The van der Waals surface area contributed by atoms with Gasteiger partial charge in [-0.1, -0.05) is 19.1 Å². The molecule has 0 saturated carbocycles. The van der Waals surface area contributed by atoms with Crippen molar-refractivity contribution >= 4 is 17.4 Å². The first kappa shape index (κ1) is 12.4. The highest BCUT2D eigenvalue weighted by atomic mass is 32.2. The molecule has 15 heavy (non-hydrogen) atoms. The van der Waals surface area contributed by atoms with E-state index in [9.17, 15) is 0 Å². The number of anilines is 1. The van der Waals surface area contributed by atoms with Gasteiger partial charge in [0.05, 0.1) is 6.61 Å². The van der Waals surface area contributed by atoms with Gasteiger partial charge >= 0.3 is 0 Å². The Balaban J connectivity index is 2.34. The molecule has 0 aliphatic heterocycles. The van der Waals surface area contributed by atoms with Gasteiger partial charge in [-0.25, -0.2) is 0 Å². The molecule has 0 bridgehead atoms. The Bertz CT molecular complexity index is 302. The maximum Gasteiger partial charge on any atom is 0.0560 e. The standard InChI is InChI=1S/C12H19NOS/c1-3-7-14-8-9-15-11-6-4-5-10(2)12(11)13/h4-6H,3,7-9,13H2,1-2H3. The number of rotatable bonds is 6. The molecule has 0 fully saturated rings. The number of ether oxygens (including phenoxy) is 1. The maximum absolute atomic E-state index is 5.96. The van der Waals surface area contributed by atoms with E-state index in [0.717, 1.165) is 41.5 Å². The van der Waals surface area contributed by atoms with Gasteiger partial charge in [0.15, 0.2) is 0 Å². The second-order valence-corrected chi connectivity index (χ2v) is 4.58. The van der Waals surface area contributed by atoms with Gasteiger partial charge in [-0.3, -0.25) is 0 Å². The van der Waals surface area contributed by atoms with Crippen molar-refractivity contribution in [3.63, 3.8) is 0 Å². The zero-order valence-electron chi connectivity index (χ0n) is 9.45. The first-order valence-electron chi connectivity index (χ1n) is 5.31. The summed E-state index contributed by atoms with van der Waals surface area (Å²) in [5.74, 6) is 0.966. The van der Waals surface area contributed by atoms with E-state index in [1.54, 1.807) is 11.8 Å². The average molecular weight is 225 g/mol. The van der Waals surface area contributed by atoms with E-state index in [-0.39, 0.29) is 0 Å². The van der Waals surface area contributed by atoms with Crippen LogP contribution in [0.5, 0.6) is 0 Å². The highest BCUT2D eigenvalue weighted by Gasteiger charge is 2.01. The lowest BCUT2D eigenvalue weighted by Gasteiger charge is -2.07. The molecule has 0 heterocycles. The number of hydrogen-bond donors (Lipinski definition) is 1. The lowest BCUT2D eigenvalue weighted by Crippen LogP contribution is -1.99. The summed E-state index contributed by atoms with van der Waals surface area (Å²) < 4.78 is 5.41. The van der Waals surface area contributed by atoms with Gasteiger partial charge in [-0.05, 0) is 25.0 Å². The first-order valence-corrected chi connectivity index (χ1v) is 6.30. The number of nitrogen functional groups attached to an aromatic ring is 1. The fourth-order valence-corrected chi connectivity index (χ4v) is 2.15. The summed E-state index contributed by atoms with van der Waals surface area (Å²) in [5, 5.41) is 0. The van der Waals surface area contributed by atoms with Crippen molar-refractivity contribution < 1.29 is 4.74 Å². The van der Waals surface area contributed by atoms with E-state index in [0.29, 0.717) is 0 Å². The Labute approximate surface area is 96.2 Å². The Hall–Kier alpha value is -0.670. The summed E-state index contributed by atoms with van der Waals surface area (Å²) >= 11 is 1.76.